The molecule has 34 heavy (non-hydrogen) atoms. The van der Waals surface area contributed by atoms with Crippen molar-refractivity contribution in [2.24, 2.45) is 17.8 Å². The molecule has 6 nitrogen and oxygen atoms in total. The normalized spacial score (nSPS) is 22.1. The van der Waals surface area contributed by atoms with Gasteiger partial charge >= 0.3 is 0 Å². The molecule has 0 aromatic heterocycles. The van der Waals surface area contributed by atoms with Crippen LogP contribution in [0.1, 0.15) is 80.6 Å². The molecule has 1 fully saturated rings. The van der Waals surface area contributed by atoms with Crippen LogP contribution in [0.5, 0.6) is 0 Å². The first kappa shape index (κ1) is 34.7. The topological polar surface area (TPSA) is 99.0 Å². The molecule has 1 amide bonds. The van der Waals surface area contributed by atoms with Gasteiger partial charge in [0.15, 0.2) is 0 Å². The molecule has 0 spiro atoms. The van der Waals surface area contributed by atoms with E-state index < -0.39 is 6.10 Å². The summed E-state index contributed by atoms with van der Waals surface area (Å²) in [6.45, 7) is 15.1. The number of hydrogen-bond acceptors (Lipinski definition) is 5. The van der Waals surface area contributed by atoms with E-state index >= 15 is 0 Å². The number of carbonyl (C=O) groups excluding carboxylic acids is 1. The highest BCUT2D eigenvalue weighted by atomic mass is 16.5. The average Bonchev–Trinajstić information content (AvgIpc) is 2.86. The fraction of sp³-hybridized carbons (Fsp3) is 0.750. The third-order valence-electron chi connectivity index (χ3n) is 6.11. The lowest BCUT2D eigenvalue weighted by Gasteiger charge is -2.26. The Kier molecular flexibility index (Phi) is 22.5. The number of aliphatic hydroxyl groups excluding tert-OH is 3. The Bertz CT molecular complexity index is 585. The first-order valence-electron chi connectivity index (χ1n) is 12.9. The van der Waals surface area contributed by atoms with E-state index in [-0.39, 0.29) is 24.7 Å². The number of rotatable bonds is 12. The first-order chi connectivity index (χ1) is 16.2. The zero-order valence-electron chi connectivity index (χ0n) is 23.0. The van der Waals surface area contributed by atoms with E-state index in [1.165, 1.54) is 30.6 Å². The molecule has 1 saturated heterocycles. The number of carbonyl (C=O) groups is 1. The number of aliphatic hydroxyl groups is 3. The maximum Gasteiger partial charge on any atom is 0.244 e. The van der Waals surface area contributed by atoms with E-state index in [0.717, 1.165) is 32.5 Å². The molecule has 6 atom stereocenters. The first-order valence-corrected chi connectivity index (χ1v) is 12.9. The van der Waals surface area contributed by atoms with Crippen molar-refractivity contribution in [1.29, 1.82) is 0 Å². The number of hydrogen-bond donors (Lipinski definition) is 4. The Morgan fingerprint density at radius 3 is 2.35 bits per heavy atom. The Balaban J connectivity index is 0. The highest BCUT2D eigenvalue weighted by molar-refractivity contribution is 5.87. The largest absolute Gasteiger partial charge is 0.400 e. The molecule has 0 aliphatic carbocycles. The maximum atomic E-state index is 11.9. The molecule has 1 aliphatic rings. The molecular weight excluding hydrogens is 430 g/mol. The van der Waals surface area contributed by atoms with E-state index in [1.807, 2.05) is 13.8 Å². The summed E-state index contributed by atoms with van der Waals surface area (Å²) >= 11 is 0. The van der Waals surface area contributed by atoms with Gasteiger partial charge in [0.2, 0.25) is 5.91 Å². The standard InChI is InChI=1S/C25H43NO4.C2H6.CH4O/c1-6-22-13-14-30-24(16-22)11-8-18(2)7-9-19(3)20(4)15-23(17-27)26-25(29)12-10-21(5)28;2*1-2/h7-8,10-12,19-24,27-28H,6,9,13-17H2,1-5H3,(H,26,29);1-2H3;2H,1H3/b11-8+,12-10-,18-7+;;. The van der Waals surface area contributed by atoms with Gasteiger partial charge in [-0.3, -0.25) is 4.79 Å². The lowest BCUT2D eigenvalue weighted by molar-refractivity contribution is -0.117. The zero-order valence-corrected chi connectivity index (χ0v) is 23.0. The van der Waals surface area contributed by atoms with Crippen molar-refractivity contribution in [3.8, 4) is 0 Å². The van der Waals surface area contributed by atoms with Crippen LogP contribution in [0.25, 0.3) is 0 Å². The summed E-state index contributed by atoms with van der Waals surface area (Å²) in [4.78, 5) is 11.9. The minimum Gasteiger partial charge on any atom is -0.400 e. The number of allylic oxidation sites excluding steroid dienone is 3. The van der Waals surface area contributed by atoms with Crippen molar-refractivity contribution in [2.75, 3.05) is 20.3 Å². The molecule has 6 heteroatoms. The van der Waals surface area contributed by atoms with Gasteiger partial charge in [0.05, 0.1) is 24.9 Å². The summed E-state index contributed by atoms with van der Waals surface area (Å²) in [6.07, 6.45) is 14.1. The van der Waals surface area contributed by atoms with Gasteiger partial charge in [-0.1, -0.05) is 70.9 Å². The number of ether oxygens (including phenoxy) is 1. The van der Waals surface area contributed by atoms with Crippen LogP contribution in [0, 0.1) is 17.8 Å². The second-order valence-electron chi connectivity index (χ2n) is 8.93. The monoisotopic (exact) mass is 483 g/mol. The van der Waals surface area contributed by atoms with Gasteiger partial charge in [-0.15, -0.1) is 0 Å². The van der Waals surface area contributed by atoms with Crippen molar-refractivity contribution in [1.82, 2.24) is 5.32 Å². The molecule has 0 aromatic carbocycles. The van der Waals surface area contributed by atoms with Gasteiger partial charge in [-0.25, -0.2) is 0 Å². The van der Waals surface area contributed by atoms with Gasteiger partial charge in [0.1, 0.15) is 0 Å². The molecule has 0 radical (unpaired) electrons. The molecule has 1 rings (SSSR count). The van der Waals surface area contributed by atoms with Gasteiger partial charge in [0.25, 0.3) is 0 Å². The molecule has 4 N–H and O–H groups in total. The van der Waals surface area contributed by atoms with E-state index in [4.69, 9.17) is 9.84 Å². The minimum atomic E-state index is -0.663. The van der Waals surface area contributed by atoms with E-state index in [9.17, 15) is 15.0 Å². The molecule has 0 saturated carbocycles. The van der Waals surface area contributed by atoms with Crippen LogP contribution in [0.4, 0.5) is 0 Å². The summed E-state index contributed by atoms with van der Waals surface area (Å²) in [6, 6.07) is -0.284. The molecule has 1 heterocycles. The molecule has 0 bridgehead atoms. The van der Waals surface area contributed by atoms with Crippen molar-refractivity contribution < 1.29 is 24.9 Å². The highest BCUT2D eigenvalue weighted by Gasteiger charge is 2.20. The lowest BCUT2D eigenvalue weighted by atomic mass is 9.87. The predicted octanol–water partition coefficient (Wildman–Crippen LogP) is 4.80. The van der Waals surface area contributed by atoms with Gasteiger partial charge in [-0.2, -0.15) is 0 Å². The minimum absolute atomic E-state index is 0.0942. The zero-order chi connectivity index (χ0) is 26.5. The molecule has 1 aliphatic heterocycles. The Hall–Kier alpha value is -1.47. The SMILES string of the molecule is CC.CCC1CCOC(/C=C/C(C)=C/CC(C)C(C)CC(CO)NC(=O)/C=C\C(C)O)C1.CO. The fourth-order valence-corrected chi connectivity index (χ4v) is 3.67. The Morgan fingerprint density at radius 1 is 1.15 bits per heavy atom. The number of nitrogens with one attached hydrogen (secondary N) is 1. The summed E-state index contributed by atoms with van der Waals surface area (Å²) in [7, 11) is 1.00. The van der Waals surface area contributed by atoms with Crippen LogP contribution in [-0.2, 0) is 9.53 Å². The predicted molar refractivity (Wildman–Crippen MR) is 143 cm³/mol. The van der Waals surface area contributed by atoms with Crippen LogP contribution in [0.15, 0.2) is 36.0 Å². The summed E-state index contributed by atoms with van der Waals surface area (Å²) < 4.78 is 5.85. The summed E-state index contributed by atoms with van der Waals surface area (Å²) in [5.74, 6) is 1.28. The molecular formula is C28H53NO5. The van der Waals surface area contributed by atoms with Crippen LogP contribution >= 0.6 is 0 Å². The maximum absolute atomic E-state index is 11.9. The molecule has 6 unspecified atom stereocenters. The van der Waals surface area contributed by atoms with Crippen LogP contribution < -0.4 is 5.32 Å². The van der Waals surface area contributed by atoms with Crippen LogP contribution in [0.3, 0.4) is 0 Å². The fourth-order valence-electron chi connectivity index (χ4n) is 3.67. The average molecular weight is 484 g/mol. The smallest absolute Gasteiger partial charge is 0.244 e. The van der Waals surface area contributed by atoms with E-state index in [2.05, 4.69) is 51.2 Å². The third-order valence-corrected chi connectivity index (χ3v) is 6.11. The third kappa shape index (κ3) is 17.0. The Labute approximate surface area is 209 Å². The Morgan fingerprint density at radius 2 is 1.79 bits per heavy atom. The van der Waals surface area contributed by atoms with E-state index in [0.29, 0.717) is 18.3 Å². The summed E-state index contributed by atoms with van der Waals surface area (Å²) in [5, 5.41) is 28.6. The van der Waals surface area contributed by atoms with Crippen molar-refractivity contribution in [2.45, 2.75) is 98.8 Å². The van der Waals surface area contributed by atoms with Gasteiger partial charge < -0.3 is 25.4 Å². The number of amides is 1. The van der Waals surface area contributed by atoms with Gasteiger partial charge in [0, 0.05) is 19.8 Å². The quantitative estimate of drug-likeness (QED) is 0.236. The second kappa shape index (κ2) is 22.0. The van der Waals surface area contributed by atoms with E-state index in [1.54, 1.807) is 6.92 Å². The van der Waals surface area contributed by atoms with Crippen molar-refractivity contribution >= 4 is 5.91 Å². The summed E-state index contributed by atoms with van der Waals surface area (Å²) in [5.41, 5.74) is 1.24. The molecule has 0 aromatic rings. The second-order valence-corrected chi connectivity index (χ2v) is 8.93. The lowest BCUT2D eigenvalue weighted by Crippen LogP contribution is -2.38. The van der Waals surface area contributed by atoms with Crippen LogP contribution in [0.2, 0.25) is 0 Å². The van der Waals surface area contributed by atoms with Crippen LogP contribution in [-0.4, -0.2) is 59.8 Å². The highest BCUT2D eigenvalue weighted by Crippen LogP contribution is 2.24. The van der Waals surface area contributed by atoms with Crippen molar-refractivity contribution in [3.05, 3.63) is 36.0 Å². The van der Waals surface area contributed by atoms with Gasteiger partial charge in [-0.05, 0) is 57.3 Å². The van der Waals surface area contributed by atoms with Crippen molar-refractivity contribution in [3.63, 3.8) is 0 Å². The molecule has 200 valence electrons.